The van der Waals surface area contributed by atoms with Crippen LogP contribution in [-0.2, 0) is 9.47 Å². The molecule has 15 heavy (non-hydrogen) atoms. The molecule has 2 N–H and O–H groups in total. The van der Waals surface area contributed by atoms with Crippen LogP contribution in [0.25, 0.3) is 0 Å². The van der Waals surface area contributed by atoms with E-state index in [9.17, 15) is 4.79 Å². The molecule has 0 rings (SSSR count). The van der Waals surface area contributed by atoms with Crippen molar-refractivity contribution in [3.63, 3.8) is 0 Å². The van der Waals surface area contributed by atoms with Crippen LogP contribution in [0.4, 0.5) is 4.79 Å². The van der Waals surface area contributed by atoms with E-state index in [2.05, 4.69) is 11.9 Å². The Balaban J connectivity index is 3.95. The molecule has 88 valence electrons. The van der Waals surface area contributed by atoms with E-state index < -0.39 is 17.9 Å². The van der Waals surface area contributed by atoms with Gasteiger partial charge in [-0.3, -0.25) is 5.32 Å². The molecule has 0 spiro atoms. The quantitative estimate of drug-likeness (QED) is 0.533. The predicted octanol–water partition coefficient (Wildman–Crippen LogP) is 1.03. The maximum Gasteiger partial charge on any atom is 0.409 e. The number of aliphatic hydroxyl groups excluding tert-OH is 1. The number of alkyl carbamates (subject to hydrolysis) is 1. The van der Waals surface area contributed by atoms with Crippen molar-refractivity contribution in [3.8, 4) is 0 Å². The van der Waals surface area contributed by atoms with Crippen LogP contribution < -0.4 is 5.32 Å². The molecule has 0 aromatic heterocycles. The van der Waals surface area contributed by atoms with Gasteiger partial charge in [-0.15, -0.1) is 6.58 Å². The van der Waals surface area contributed by atoms with E-state index in [1.54, 1.807) is 20.8 Å². The summed E-state index contributed by atoms with van der Waals surface area (Å²) in [6.45, 7) is 8.66. The van der Waals surface area contributed by atoms with Gasteiger partial charge in [0, 0.05) is 0 Å². The predicted molar refractivity (Wildman–Crippen MR) is 56.4 cm³/mol. The zero-order chi connectivity index (χ0) is 11.9. The summed E-state index contributed by atoms with van der Waals surface area (Å²) in [5, 5.41) is 11.2. The molecule has 1 atom stereocenters. The van der Waals surface area contributed by atoms with Crippen LogP contribution in [-0.4, -0.2) is 36.2 Å². The molecule has 0 heterocycles. The van der Waals surface area contributed by atoms with Crippen LogP contribution >= 0.6 is 0 Å². The van der Waals surface area contributed by atoms with Crippen LogP contribution in [0.3, 0.4) is 0 Å². The number of nitrogens with one attached hydrogen (secondary N) is 1. The van der Waals surface area contributed by atoms with Gasteiger partial charge in [-0.2, -0.15) is 0 Å². The summed E-state index contributed by atoms with van der Waals surface area (Å²) < 4.78 is 10.0. The molecule has 0 aromatic rings. The number of rotatable bonds is 5. The van der Waals surface area contributed by atoms with Crippen molar-refractivity contribution < 1.29 is 19.4 Å². The van der Waals surface area contributed by atoms with Crippen molar-refractivity contribution in [3.05, 3.63) is 12.7 Å². The maximum atomic E-state index is 11.2. The molecule has 0 aliphatic rings. The number of carbonyl (C=O) groups is 1. The molecule has 5 nitrogen and oxygen atoms in total. The molecule has 0 bridgehead atoms. The van der Waals surface area contributed by atoms with Crippen molar-refractivity contribution in [2.75, 3.05) is 13.2 Å². The normalized spacial score (nSPS) is 13.1. The molecule has 0 aliphatic carbocycles. The average molecular weight is 217 g/mol. The summed E-state index contributed by atoms with van der Waals surface area (Å²) in [7, 11) is 0. The van der Waals surface area contributed by atoms with Gasteiger partial charge in [0.1, 0.15) is 5.60 Å². The molecule has 5 heteroatoms. The summed E-state index contributed by atoms with van der Waals surface area (Å²) in [4.78, 5) is 11.2. The number of ether oxygens (including phenoxy) is 2. The summed E-state index contributed by atoms with van der Waals surface area (Å²) in [6, 6.07) is 0. The van der Waals surface area contributed by atoms with Crippen molar-refractivity contribution in [2.45, 2.75) is 32.6 Å². The molecular formula is C10H19NO4. The molecule has 1 unspecified atom stereocenters. The van der Waals surface area contributed by atoms with Crippen LogP contribution in [0.5, 0.6) is 0 Å². The number of carbonyl (C=O) groups excluding carboxylic acids is 1. The van der Waals surface area contributed by atoms with Gasteiger partial charge in [0.05, 0.1) is 13.2 Å². The third-order valence-electron chi connectivity index (χ3n) is 1.26. The Bertz CT molecular complexity index is 210. The van der Waals surface area contributed by atoms with E-state index in [0.29, 0.717) is 0 Å². The largest absolute Gasteiger partial charge is 0.444 e. The topological polar surface area (TPSA) is 67.8 Å². The fourth-order valence-electron chi connectivity index (χ4n) is 0.763. The summed E-state index contributed by atoms with van der Waals surface area (Å²) in [5.74, 6) is 0. The Hall–Kier alpha value is -1.07. The van der Waals surface area contributed by atoms with Gasteiger partial charge in [-0.05, 0) is 20.8 Å². The van der Waals surface area contributed by atoms with E-state index in [1.165, 1.54) is 6.08 Å². The lowest BCUT2D eigenvalue weighted by molar-refractivity contribution is -0.00893. The van der Waals surface area contributed by atoms with Crippen molar-refractivity contribution >= 4 is 6.09 Å². The molecular weight excluding hydrogens is 198 g/mol. The van der Waals surface area contributed by atoms with E-state index in [-0.39, 0.29) is 13.2 Å². The Morgan fingerprint density at radius 2 is 2.20 bits per heavy atom. The standard InChI is InChI=1S/C10H19NO4/c1-5-6-14-8(7-12)11-9(13)15-10(2,3)4/h5,8,12H,1,6-7H2,2-4H3,(H,11,13). The Labute approximate surface area is 90.1 Å². The molecule has 0 aliphatic heterocycles. The van der Waals surface area contributed by atoms with Gasteiger partial charge < -0.3 is 14.6 Å². The highest BCUT2D eigenvalue weighted by Crippen LogP contribution is 2.06. The van der Waals surface area contributed by atoms with E-state index in [1.807, 2.05) is 0 Å². The molecule has 0 aromatic carbocycles. The van der Waals surface area contributed by atoms with Crippen molar-refractivity contribution in [1.29, 1.82) is 0 Å². The number of amides is 1. The Morgan fingerprint density at radius 1 is 1.60 bits per heavy atom. The monoisotopic (exact) mass is 217 g/mol. The smallest absolute Gasteiger partial charge is 0.409 e. The van der Waals surface area contributed by atoms with Crippen LogP contribution in [0.15, 0.2) is 12.7 Å². The van der Waals surface area contributed by atoms with E-state index >= 15 is 0 Å². The highest BCUT2D eigenvalue weighted by molar-refractivity contribution is 5.67. The van der Waals surface area contributed by atoms with Crippen LogP contribution in [0.1, 0.15) is 20.8 Å². The van der Waals surface area contributed by atoms with Crippen LogP contribution in [0.2, 0.25) is 0 Å². The third-order valence-corrected chi connectivity index (χ3v) is 1.26. The number of hydrogen-bond acceptors (Lipinski definition) is 4. The minimum absolute atomic E-state index is 0.251. The van der Waals surface area contributed by atoms with Crippen molar-refractivity contribution in [2.24, 2.45) is 0 Å². The fraction of sp³-hybridized carbons (Fsp3) is 0.700. The second kappa shape index (κ2) is 6.42. The highest BCUT2D eigenvalue weighted by atomic mass is 16.6. The van der Waals surface area contributed by atoms with Gasteiger partial charge >= 0.3 is 6.09 Å². The first-order valence-corrected chi connectivity index (χ1v) is 4.72. The van der Waals surface area contributed by atoms with Crippen LogP contribution in [0, 0.1) is 0 Å². The summed E-state index contributed by atoms with van der Waals surface area (Å²) >= 11 is 0. The first kappa shape index (κ1) is 13.9. The maximum absolute atomic E-state index is 11.2. The van der Waals surface area contributed by atoms with Gasteiger partial charge in [0.2, 0.25) is 0 Å². The second-order valence-electron chi connectivity index (χ2n) is 3.94. The minimum Gasteiger partial charge on any atom is -0.444 e. The summed E-state index contributed by atoms with van der Waals surface area (Å²) in [6.07, 6.45) is 0.142. The highest BCUT2D eigenvalue weighted by Gasteiger charge is 2.18. The zero-order valence-corrected chi connectivity index (χ0v) is 9.45. The third kappa shape index (κ3) is 7.96. The fourth-order valence-corrected chi connectivity index (χ4v) is 0.763. The molecule has 0 fully saturated rings. The van der Waals surface area contributed by atoms with Gasteiger partial charge in [-0.1, -0.05) is 6.08 Å². The average Bonchev–Trinajstić information content (AvgIpc) is 2.09. The molecule has 0 saturated carbocycles. The zero-order valence-electron chi connectivity index (χ0n) is 9.45. The first-order valence-electron chi connectivity index (χ1n) is 4.72. The van der Waals surface area contributed by atoms with Gasteiger partial charge in [0.25, 0.3) is 0 Å². The number of hydrogen-bond donors (Lipinski definition) is 2. The van der Waals surface area contributed by atoms with E-state index in [0.717, 1.165) is 0 Å². The van der Waals surface area contributed by atoms with Gasteiger partial charge in [0.15, 0.2) is 6.23 Å². The van der Waals surface area contributed by atoms with E-state index in [4.69, 9.17) is 14.6 Å². The first-order chi connectivity index (χ1) is 6.89. The number of aliphatic hydroxyl groups is 1. The minimum atomic E-state index is -0.766. The molecule has 0 radical (unpaired) electrons. The lowest BCUT2D eigenvalue weighted by atomic mass is 10.2. The van der Waals surface area contributed by atoms with Crippen molar-refractivity contribution in [1.82, 2.24) is 5.32 Å². The van der Waals surface area contributed by atoms with Gasteiger partial charge in [-0.25, -0.2) is 4.79 Å². The Kier molecular flexibility index (Phi) is 5.96. The molecule has 1 amide bonds. The Morgan fingerprint density at radius 3 is 2.60 bits per heavy atom. The summed E-state index contributed by atoms with van der Waals surface area (Å²) in [5.41, 5.74) is -0.567. The lowest BCUT2D eigenvalue weighted by Gasteiger charge is -2.22. The SMILES string of the molecule is C=CCOC(CO)NC(=O)OC(C)(C)C. The second-order valence-corrected chi connectivity index (χ2v) is 3.94. The lowest BCUT2D eigenvalue weighted by Crippen LogP contribution is -2.42. The molecule has 0 saturated heterocycles.